The number of hydrogen-bond acceptors (Lipinski definition) is 5. The maximum atomic E-state index is 13.2. The van der Waals surface area contributed by atoms with Gasteiger partial charge in [0.2, 0.25) is 0 Å². The fourth-order valence-corrected chi connectivity index (χ4v) is 3.00. The molecular weight excluding hydrogens is 366 g/mol. The number of halogens is 4. The highest BCUT2D eigenvalue weighted by Gasteiger charge is 2.41. The summed E-state index contributed by atoms with van der Waals surface area (Å²) >= 11 is 0. The molecule has 2 rings (SSSR count). The van der Waals surface area contributed by atoms with E-state index >= 15 is 0 Å². The van der Waals surface area contributed by atoms with Gasteiger partial charge in [0.05, 0.1) is 10.6 Å². The van der Waals surface area contributed by atoms with Crippen LogP contribution in [0.1, 0.15) is 6.92 Å². The van der Waals surface area contributed by atoms with E-state index in [0.29, 0.717) is 0 Å². The van der Waals surface area contributed by atoms with E-state index in [1.807, 2.05) is 0 Å². The highest BCUT2D eigenvalue weighted by molar-refractivity contribution is 7.91. The lowest BCUT2D eigenvalue weighted by molar-refractivity contribution is -0.140. The first kappa shape index (κ1) is 19.0. The quantitative estimate of drug-likeness (QED) is 0.717. The highest BCUT2D eigenvalue weighted by Crippen LogP contribution is 2.26. The Hall–Kier alpha value is -2.30. The SMILES string of the molecule is CCS(=O)(=O)c1cccnc1-c1ccc(=O)n(CC(F)(F)C(F)F)n1. The molecule has 0 unspecified atom stereocenters. The van der Waals surface area contributed by atoms with Crippen molar-refractivity contribution in [3.8, 4) is 11.4 Å². The molecule has 0 aliphatic carbocycles. The standard InChI is InChI=1S/C14H13F4N3O3S/c1-2-25(23,24)10-4-3-7-19-12(10)9-5-6-11(22)21(20-9)8-14(17,18)13(15)16/h3-7,13H,2,8H2,1H3. The van der Waals surface area contributed by atoms with Crippen LogP contribution in [0, 0.1) is 0 Å². The van der Waals surface area contributed by atoms with Crippen LogP contribution in [0.15, 0.2) is 40.2 Å². The van der Waals surface area contributed by atoms with Crippen molar-refractivity contribution < 1.29 is 26.0 Å². The third-order valence-corrected chi connectivity index (χ3v) is 5.03. The molecule has 0 aliphatic heterocycles. The lowest BCUT2D eigenvalue weighted by Crippen LogP contribution is -2.37. The molecule has 0 aromatic carbocycles. The van der Waals surface area contributed by atoms with Crippen molar-refractivity contribution in [2.75, 3.05) is 5.75 Å². The predicted octanol–water partition coefficient (Wildman–Crippen LogP) is 2.00. The molecule has 0 bridgehead atoms. The van der Waals surface area contributed by atoms with Crippen LogP contribution in [-0.2, 0) is 16.4 Å². The molecular formula is C14H13F4N3O3S. The van der Waals surface area contributed by atoms with E-state index in [1.54, 1.807) is 0 Å². The van der Waals surface area contributed by atoms with Gasteiger partial charge in [0, 0.05) is 12.3 Å². The molecule has 2 aromatic rings. The highest BCUT2D eigenvalue weighted by atomic mass is 32.2. The summed E-state index contributed by atoms with van der Waals surface area (Å²) in [5.74, 6) is -4.70. The Morgan fingerprint density at radius 1 is 1.24 bits per heavy atom. The first-order chi connectivity index (χ1) is 11.6. The maximum Gasteiger partial charge on any atom is 0.326 e. The summed E-state index contributed by atoms with van der Waals surface area (Å²) in [7, 11) is -3.71. The van der Waals surface area contributed by atoms with E-state index in [-0.39, 0.29) is 26.7 Å². The number of sulfone groups is 1. The number of rotatable bonds is 6. The topological polar surface area (TPSA) is 81.9 Å². The van der Waals surface area contributed by atoms with Gasteiger partial charge in [-0.05, 0) is 18.2 Å². The molecule has 0 N–H and O–H groups in total. The molecule has 6 nitrogen and oxygen atoms in total. The fraction of sp³-hybridized carbons (Fsp3) is 0.357. The lowest BCUT2D eigenvalue weighted by Gasteiger charge is -2.16. The second kappa shape index (κ2) is 6.90. The minimum absolute atomic E-state index is 0.154. The number of alkyl halides is 4. The van der Waals surface area contributed by atoms with E-state index in [0.717, 1.165) is 12.1 Å². The van der Waals surface area contributed by atoms with Gasteiger partial charge in [-0.3, -0.25) is 9.78 Å². The van der Waals surface area contributed by atoms with Gasteiger partial charge in [0.25, 0.3) is 5.56 Å². The zero-order chi connectivity index (χ0) is 18.8. The normalized spacial score (nSPS) is 12.6. The fourth-order valence-electron chi connectivity index (χ4n) is 1.95. The van der Waals surface area contributed by atoms with E-state index in [2.05, 4.69) is 10.1 Å². The number of nitrogens with zero attached hydrogens (tertiary/aromatic N) is 3. The van der Waals surface area contributed by atoms with Crippen LogP contribution in [0.2, 0.25) is 0 Å². The number of hydrogen-bond donors (Lipinski definition) is 0. The van der Waals surface area contributed by atoms with E-state index in [9.17, 15) is 30.8 Å². The Kier molecular flexibility index (Phi) is 5.26. The maximum absolute atomic E-state index is 13.2. The zero-order valence-corrected chi connectivity index (χ0v) is 13.7. The van der Waals surface area contributed by atoms with E-state index in [1.165, 1.54) is 25.3 Å². The zero-order valence-electron chi connectivity index (χ0n) is 12.9. The minimum Gasteiger partial charge on any atom is -0.268 e. The average molecular weight is 379 g/mol. The molecule has 0 amide bonds. The molecule has 0 spiro atoms. The molecule has 136 valence electrons. The minimum atomic E-state index is -4.46. The van der Waals surface area contributed by atoms with Crippen molar-refractivity contribution in [3.05, 3.63) is 40.8 Å². The second-order valence-corrected chi connectivity index (χ2v) is 7.28. The number of aromatic nitrogens is 3. The van der Waals surface area contributed by atoms with Crippen LogP contribution in [0.5, 0.6) is 0 Å². The first-order valence-corrected chi connectivity index (χ1v) is 8.66. The Balaban J connectivity index is 2.57. The molecule has 2 aromatic heterocycles. The first-order valence-electron chi connectivity index (χ1n) is 7.01. The van der Waals surface area contributed by atoms with Gasteiger partial charge in [-0.2, -0.15) is 13.9 Å². The third kappa shape index (κ3) is 4.03. The van der Waals surface area contributed by atoms with Crippen LogP contribution in [0.25, 0.3) is 11.4 Å². The smallest absolute Gasteiger partial charge is 0.268 e. The summed E-state index contributed by atoms with van der Waals surface area (Å²) in [5.41, 5.74) is -1.38. The van der Waals surface area contributed by atoms with Crippen molar-refractivity contribution >= 4 is 9.84 Å². The van der Waals surface area contributed by atoms with Crippen molar-refractivity contribution in [1.29, 1.82) is 0 Å². The van der Waals surface area contributed by atoms with Crippen molar-refractivity contribution in [1.82, 2.24) is 14.8 Å². The predicted molar refractivity (Wildman–Crippen MR) is 80.4 cm³/mol. The Bertz CT molecular complexity index is 929. The van der Waals surface area contributed by atoms with Gasteiger partial charge >= 0.3 is 12.3 Å². The van der Waals surface area contributed by atoms with Gasteiger partial charge in [0.15, 0.2) is 9.84 Å². The van der Waals surface area contributed by atoms with Gasteiger partial charge in [-0.1, -0.05) is 6.92 Å². The summed E-state index contributed by atoms with van der Waals surface area (Å²) in [6, 6.07) is 4.55. The number of pyridine rings is 1. The molecule has 25 heavy (non-hydrogen) atoms. The van der Waals surface area contributed by atoms with Gasteiger partial charge in [-0.15, -0.1) is 0 Å². The van der Waals surface area contributed by atoms with Gasteiger partial charge in [0.1, 0.15) is 17.9 Å². The Morgan fingerprint density at radius 2 is 1.92 bits per heavy atom. The van der Waals surface area contributed by atoms with Crippen LogP contribution in [0.3, 0.4) is 0 Å². The van der Waals surface area contributed by atoms with E-state index < -0.39 is 34.3 Å². The second-order valence-electron chi connectivity index (χ2n) is 5.03. The molecule has 0 aliphatic rings. The molecule has 0 radical (unpaired) electrons. The van der Waals surface area contributed by atoms with Crippen molar-refractivity contribution in [3.63, 3.8) is 0 Å². The van der Waals surface area contributed by atoms with Crippen LogP contribution in [-0.4, -0.2) is 41.3 Å². The van der Waals surface area contributed by atoms with Crippen LogP contribution >= 0.6 is 0 Å². The van der Waals surface area contributed by atoms with Gasteiger partial charge in [-0.25, -0.2) is 21.9 Å². The van der Waals surface area contributed by atoms with E-state index in [4.69, 9.17) is 0 Å². The molecule has 0 saturated carbocycles. The van der Waals surface area contributed by atoms with Crippen molar-refractivity contribution in [2.24, 2.45) is 0 Å². The lowest BCUT2D eigenvalue weighted by atomic mass is 10.2. The summed E-state index contributed by atoms with van der Waals surface area (Å²) in [6.45, 7) is -0.232. The average Bonchev–Trinajstić information content (AvgIpc) is 2.56. The molecule has 11 heteroatoms. The summed E-state index contributed by atoms with van der Waals surface area (Å²) in [5, 5.41) is 3.58. The molecule has 0 fully saturated rings. The molecule has 0 atom stereocenters. The summed E-state index contributed by atoms with van der Waals surface area (Å²) in [6.07, 6.45) is -2.72. The molecule has 2 heterocycles. The summed E-state index contributed by atoms with van der Waals surface area (Å²) < 4.78 is 75.5. The Morgan fingerprint density at radius 3 is 2.52 bits per heavy atom. The van der Waals surface area contributed by atoms with Crippen molar-refractivity contribution in [2.45, 2.75) is 30.7 Å². The van der Waals surface area contributed by atoms with Gasteiger partial charge < -0.3 is 0 Å². The summed E-state index contributed by atoms with van der Waals surface area (Å²) in [4.78, 5) is 15.3. The van der Waals surface area contributed by atoms with Crippen LogP contribution in [0.4, 0.5) is 17.6 Å². The monoisotopic (exact) mass is 379 g/mol. The Labute approximate surface area is 140 Å². The largest absolute Gasteiger partial charge is 0.326 e. The molecule has 0 saturated heterocycles. The van der Waals surface area contributed by atoms with Crippen LogP contribution < -0.4 is 5.56 Å². The third-order valence-electron chi connectivity index (χ3n) is 3.27.